The van der Waals surface area contributed by atoms with Gasteiger partial charge in [0.05, 0.1) is 6.54 Å². The number of rotatable bonds is 7. The highest BCUT2D eigenvalue weighted by molar-refractivity contribution is 5.29. The number of nitrogens with one attached hydrogen (secondary N) is 1. The summed E-state index contributed by atoms with van der Waals surface area (Å²) in [6, 6.07) is 17.3. The van der Waals surface area contributed by atoms with Crippen LogP contribution in [0.25, 0.3) is 0 Å². The number of benzene rings is 1. The first kappa shape index (κ1) is 16.9. The Morgan fingerprint density at radius 2 is 1.84 bits per heavy atom. The molecule has 0 aliphatic rings. The highest BCUT2D eigenvalue weighted by Crippen LogP contribution is 2.11. The summed E-state index contributed by atoms with van der Waals surface area (Å²) in [4.78, 5) is 16.6. The van der Waals surface area contributed by atoms with E-state index in [1.807, 2.05) is 48.5 Å². The Morgan fingerprint density at radius 1 is 1.04 bits per heavy atom. The summed E-state index contributed by atoms with van der Waals surface area (Å²) in [7, 11) is 0. The van der Waals surface area contributed by atoms with E-state index in [0.29, 0.717) is 18.7 Å². The van der Waals surface area contributed by atoms with Crippen molar-refractivity contribution in [2.24, 2.45) is 0 Å². The lowest BCUT2D eigenvalue weighted by Crippen LogP contribution is -2.23. The molecule has 2 N–H and O–H groups in total. The number of pyridine rings is 2. The van der Waals surface area contributed by atoms with Crippen LogP contribution in [0.15, 0.2) is 71.8 Å². The van der Waals surface area contributed by atoms with Gasteiger partial charge < -0.3 is 15.0 Å². The van der Waals surface area contributed by atoms with Crippen LogP contribution in [0, 0.1) is 0 Å². The van der Waals surface area contributed by atoms with Gasteiger partial charge in [0.25, 0.3) is 5.56 Å². The van der Waals surface area contributed by atoms with Crippen molar-refractivity contribution in [3.63, 3.8) is 0 Å². The fourth-order valence-electron chi connectivity index (χ4n) is 2.63. The van der Waals surface area contributed by atoms with Crippen molar-refractivity contribution in [3.05, 3.63) is 94.2 Å². The summed E-state index contributed by atoms with van der Waals surface area (Å²) in [5, 5.41) is 13.4. The summed E-state index contributed by atoms with van der Waals surface area (Å²) in [6.45, 7) is 1.62. The lowest BCUT2D eigenvalue weighted by molar-refractivity contribution is 0.448. The molecule has 0 unspecified atom stereocenters. The Balaban J connectivity index is 1.59. The molecule has 1 aromatic carbocycles. The summed E-state index contributed by atoms with van der Waals surface area (Å²) >= 11 is 0. The lowest BCUT2D eigenvalue weighted by atomic mass is 10.2. The second-order valence-electron chi connectivity index (χ2n) is 5.86. The van der Waals surface area contributed by atoms with E-state index < -0.39 is 0 Å². The zero-order chi connectivity index (χ0) is 17.5. The highest BCUT2D eigenvalue weighted by Gasteiger charge is 2.09. The second-order valence-corrected chi connectivity index (χ2v) is 5.86. The van der Waals surface area contributed by atoms with E-state index in [0.717, 1.165) is 24.2 Å². The van der Waals surface area contributed by atoms with E-state index in [4.69, 9.17) is 0 Å². The average molecular weight is 335 g/mol. The van der Waals surface area contributed by atoms with Crippen molar-refractivity contribution in [3.8, 4) is 5.75 Å². The molecule has 5 heteroatoms. The van der Waals surface area contributed by atoms with Crippen LogP contribution in [0.4, 0.5) is 0 Å². The molecule has 0 amide bonds. The van der Waals surface area contributed by atoms with Gasteiger partial charge in [0, 0.05) is 43.2 Å². The largest absolute Gasteiger partial charge is 0.503 e. The Kier molecular flexibility index (Phi) is 5.59. The third-order valence-corrected chi connectivity index (χ3v) is 4.02. The molecule has 0 bridgehead atoms. The summed E-state index contributed by atoms with van der Waals surface area (Å²) in [5.74, 6) is -0.191. The van der Waals surface area contributed by atoms with Crippen molar-refractivity contribution in [1.82, 2.24) is 14.9 Å². The molecular weight excluding hydrogens is 314 g/mol. The van der Waals surface area contributed by atoms with Gasteiger partial charge in [-0.25, -0.2) is 0 Å². The van der Waals surface area contributed by atoms with Crippen LogP contribution in [0.3, 0.4) is 0 Å². The summed E-state index contributed by atoms with van der Waals surface area (Å²) in [6.07, 6.45) is 4.30. The van der Waals surface area contributed by atoms with E-state index in [1.165, 1.54) is 4.57 Å². The van der Waals surface area contributed by atoms with Gasteiger partial charge >= 0.3 is 0 Å². The number of hydrogen-bond donors (Lipinski definition) is 2. The van der Waals surface area contributed by atoms with Crippen molar-refractivity contribution in [2.45, 2.75) is 19.5 Å². The molecule has 5 nitrogen and oxygen atoms in total. The Hall–Kier alpha value is -2.92. The number of nitrogens with zero attached hydrogens (tertiary/aromatic N) is 2. The Bertz CT molecular complexity index is 861. The topological polar surface area (TPSA) is 67.2 Å². The minimum atomic E-state index is -0.368. The maximum atomic E-state index is 12.3. The third kappa shape index (κ3) is 4.55. The quantitative estimate of drug-likeness (QED) is 0.650. The van der Waals surface area contributed by atoms with Crippen molar-refractivity contribution in [2.75, 3.05) is 6.54 Å². The van der Waals surface area contributed by atoms with Crippen LogP contribution < -0.4 is 10.9 Å². The number of aromatic nitrogens is 2. The fourth-order valence-corrected chi connectivity index (χ4v) is 2.63. The van der Waals surface area contributed by atoms with Gasteiger partial charge in [-0.15, -0.1) is 0 Å². The monoisotopic (exact) mass is 335 g/mol. The SMILES string of the molecule is O=c1c(O)c(CNCCc2ccccn2)ccn1Cc1ccccc1. The van der Waals surface area contributed by atoms with Gasteiger partial charge in [-0.1, -0.05) is 36.4 Å². The fraction of sp³-hybridized carbons (Fsp3) is 0.200. The first-order chi connectivity index (χ1) is 12.2. The summed E-state index contributed by atoms with van der Waals surface area (Å²) in [5.41, 5.74) is 2.27. The van der Waals surface area contributed by atoms with Crippen LogP contribution in [0.5, 0.6) is 5.75 Å². The van der Waals surface area contributed by atoms with Gasteiger partial charge in [0.2, 0.25) is 0 Å². The highest BCUT2D eigenvalue weighted by atomic mass is 16.3. The molecule has 25 heavy (non-hydrogen) atoms. The Labute approximate surface area is 146 Å². The van der Waals surface area contributed by atoms with Crippen LogP contribution in [0.2, 0.25) is 0 Å². The van der Waals surface area contributed by atoms with E-state index in [-0.39, 0.29) is 11.3 Å². The molecule has 0 aliphatic heterocycles. The van der Waals surface area contributed by atoms with Gasteiger partial charge in [-0.3, -0.25) is 9.78 Å². The minimum absolute atomic E-state index is 0.191. The second kappa shape index (κ2) is 8.26. The van der Waals surface area contributed by atoms with E-state index in [9.17, 15) is 9.90 Å². The van der Waals surface area contributed by atoms with Crippen LogP contribution in [0.1, 0.15) is 16.8 Å². The predicted octanol–water partition coefficient (Wildman–Crippen LogP) is 2.33. The van der Waals surface area contributed by atoms with Gasteiger partial charge in [0.15, 0.2) is 5.75 Å². The van der Waals surface area contributed by atoms with Crippen molar-refractivity contribution >= 4 is 0 Å². The van der Waals surface area contributed by atoms with Gasteiger partial charge in [0.1, 0.15) is 0 Å². The van der Waals surface area contributed by atoms with Crippen LogP contribution >= 0.6 is 0 Å². The molecule has 0 atom stereocenters. The molecule has 2 heterocycles. The molecular formula is C20H21N3O2. The number of aromatic hydroxyl groups is 1. The molecule has 0 fully saturated rings. The van der Waals surface area contributed by atoms with Gasteiger partial charge in [-0.2, -0.15) is 0 Å². The van der Waals surface area contributed by atoms with Crippen molar-refractivity contribution in [1.29, 1.82) is 0 Å². The average Bonchev–Trinajstić information content (AvgIpc) is 2.66. The maximum absolute atomic E-state index is 12.3. The van der Waals surface area contributed by atoms with Crippen molar-refractivity contribution < 1.29 is 5.11 Å². The molecule has 0 saturated carbocycles. The maximum Gasteiger partial charge on any atom is 0.293 e. The van der Waals surface area contributed by atoms with E-state index >= 15 is 0 Å². The van der Waals surface area contributed by atoms with E-state index in [2.05, 4.69) is 10.3 Å². The molecule has 0 spiro atoms. The van der Waals surface area contributed by atoms with Crippen LogP contribution in [-0.4, -0.2) is 21.2 Å². The third-order valence-electron chi connectivity index (χ3n) is 4.02. The normalized spacial score (nSPS) is 10.7. The minimum Gasteiger partial charge on any atom is -0.503 e. The lowest BCUT2D eigenvalue weighted by Gasteiger charge is -2.10. The molecule has 3 rings (SSSR count). The molecule has 3 aromatic rings. The molecule has 0 radical (unpaired) electrons. The molecule has 2 aromatic heterocycles. The number of hydrogen-bond acceptors (Lipinski definition) is 4. The first-order valence-electron chi connectivity index (χ1n) is 8.30. The zero-order valence-electron chi connectivity index (χ0n) is 13.9. The summed E-state index contributed by atoms with van der Waals surface area (Å²) < 4.78 is 1.52. The van der Waals surface area contributed by atoms with Gasteiger partial charge in [-0.05, 0) is 23.8 Å². The Morgan fingerprint density at radius 3 is 2.60 bits per heavy atom. The standard InChI is InChI=1S/C20H21N3O2/c24-19-17(14-21-12-9-18-8-4-5-11-22-18)10-13-23(20(19)25)15-16-6-2-1-3-7-16/h1-8,10-11,13,21,24H,9,12,14-15H2. The molecule has 0 saturated heterocycles. The predicted molar refractivity (Wildman–Crippen MR) is 97.6 cm³/mol. The molecule has 128 valence electrons. The van der Waals surface area contributed by atoms with E-state index in [1.54, 1.807) is 18.5 Å². The van der Waals surface area contributed by atoms with Crippen LogP contribution in [-0.2, 0) is 19.5 Å². The smallest absolute Gasteiger partial charge is 0.293 e. The molecule has 0 aliphatic carbocycles. The first-order valence-corrected chi connectivity index (χ1v) is 8.30. The zero-order valence-corrected chi connectivity index (χ0v) is 13.9.